The summed E-state index contributed by atoms with van der Waals surface area (Å²) in [5.74, 6) is 0.400. The van der Waals surface area contributed by atoms with Gasteiger partial charge in [-0.15, -0.1) is 0 Å². The molecule has 0 bridgehead atoms. The van der Waals surface area contributed by atoms with E-state index in [0.29, 0.717) is 12.3 Å². The lowest BCUT2D eigenvalue weighted by Crippen LogP contribution is -2.12. The van der Waals surface area contributed by atoms with E-state index in [-0.39, 0.29) is 5.41 Å². The molecule has 0 saturated carbocycles. The second-order valence-corrected chi connectivity index (χ2v) is 5.12. The Kier molecular flexibility index (Phi) is 3.76. The zero-order chi connectivity index (χ0) is 12.3. The Morgan fingerprint density at radius 2 is 1.94 bits per heavy atom. The van der Waals surface area contributed by atoms with Crippen LogP contribution in [0.3, 0.4) is 0 Å². The molecule has 0 aromatic heterocycles. The Hall–Kier alpha value is -1.28. The predicted octanol–water partition coefficient (Wildman–Crippen LogP) is 2.97. The van der Waals surface area contributed by atoms with Crippen LogP contribution in [0.4, 0.5) is 0 Å². The molecule has 88 valence electrons. The van der Waals surface area contributed by atoms with Crippen molar-refractivity contribution in [2.75, 3.05) is 6.54 Å². The highest BCUT2D eigenvalue weighted by Gasteiger charge is 2.19. The lowest BCUT2D eigenvalue weighted by atomic mass is 9.84. The Bertz CT molecular complexity index is 400. The van der Waals surface area contributed by atoms with Gasteiger partial charge in [-0.3, -0.25) is 0 Å². The van der Waals surface area contributed by atoms with Gasteiger partial charge in [0.25, 0.3) is 0 Å². The summed E-state index contributed by atoms with van der Waals surface area (Å²) in [7, 11) is 0. The van der Waals surface area contributed by atoms with Gasteiger partial charge >= 0.3 is 0 Å². The van der Waals surface area contributed by atoms with Crippen molar-refractivity contribution in [1.82, 2.24) is 0 Å². The van der Waals surface area contributed by atoms with Gasteiger partial charge in [0, 0.05) is 12.1 Å². The van der Waals surface area contributed by atoms with Gasteiger partial charge in [0.15, 0.2) is 0 Å². The van der Waals surface area contributed by atoms with Gasteiger partial charge in [-0.25, -0.2) is 0 Å². The molecule has 1 aromatic rings. The summed E-state index contributed by atoms with van der Waals surface area (Å²) in [6.07, 6.45) is 3.90. The summed E-state index contributed by atoms with van der Waals surface area (Å²) >= 11 is 0. The number of aromatic hydroxyl groups is 1. The second kappa shape index (κ2) is 4.71. The minimum atomic E-state index is -0.0542. The van der Waals surface area contributed by atoms with Crippen molar-refractivity contribution in [2.24, 2.45) is 5.73 Å². The summed E-state index contributed by atoms with van der Waals surface area (Å²) in [6.45, 7) is 8.74. The summed E-state index contributed by atoms with van der Waals surface area (Å²) in [6, 6.07) is 3.99. The molecule has 16 heavy (non-hydrogen) atoms. The minimum absolute atomic E-state index is 0.0542. The van der Waals surface area contributed by atoms with Crippen LogP contribution in [0.2, 0.25) is 0 Å². The van der Waals surface area contributed by atoms with Crippen molar-refractivity contribution in [1.29, 1.82) is 0 Å². The van der Waals surface area contributed by atoms with Gasteiger partial charge in [-0.2, -0.15) is 0 Å². The van der Waals surface area contributed by atoms with E-state index in [2.05, 4.69) is 20.8 Å². The number of rotatable bonds is 2. The van der Waals surface area contributed by atoms with E-state index in [1.165, 1.54) is 0 Å². The summed E-state index contributed by atoms with van der Waals surface area (Å²) in [5, 5.41) is 10.0. The van der Waals surface area contributed by atoms with Crippen LogP contribution in [0.1, 0.15) is 37.5 Å². The summed E-state index contributed by atoms with van der Waals surface area (Å²) in [5.41, 5.74) is 8.35. The monoisotopic (exact) mass is 219 g/mol. The molecule has 0 radical (unpaired) electrons. The van der Waals surface area contributed by atoms with Crippen molar-refractivity contribution in [2.45, 2.75) is 33.1 Å². The van der Waals surface area contributed by atoms with E-state index in [1.807, 2.05) is 31.2 Å². The Labute approximate surface area is 97.8 Å². The highest BCUT2D eigenvalue weighted by Crippen LogP contribution is 2.34. The highest BCUT2D eigenvalue weighted by atomic mass is 16.3. The van der Waals surface area contributed by atoms with Crippen LogP contribution in [0, 0.1) is 6.92 Å². The first kappa shape index (κ1) is 12.8. The second-order valence-electron chi connectivity index (χ2n) is 5.12. The maximum absolute atomic E-state index is 10.0. The molecule has 0 saturated heterocycles. The molecular formula is C14H21NO. The molecule has 2 nitrogen and oxygen atoms in total. The third-order valence-corrected chi connectivity index (χ3v) is 2.58. The van der Waals surface area contributed by atoms with Crippen molar-refractivity contribution in [3.63, 3.8) is 0 Å². The third kappa shape index (κ3) is 2.86. The van der Waals surface area contributed by atoms with E-state index < -0.39 is 0 Å². The SMILES string of the molecule is Cc1cc(/C=C/CN)cc(C(C)(C)C)c1O. The standard InChI is InChI=1S/C14H21NO/c1-10-8-11(6-5-7-15)9-12(13(10)16)14(2,3)4/h5-6,8-9,16H,7,15H2,1-4H3/b6-5+. The molecule has 0 heterocycles. The zero-order valence-corrected chi connectivity index (χ0v) is 10.5. The van der Waals surface area contributed by atoms with Crippen LogP contribution in [0.15, 0.2) is 18.2 Å². The zero-order valence-electron chi connectivity index (χ0n) is 10.5. The largest absolute Gasteiger partial charge is 0.507 e. The smallest absolute Gasteiger partial charge is 0.122 e. The molecule has 0 amide bonds. The maximum Gasteiger partial charge on any atom is 0.122 e. The van der Waals surface area contributed by atoms with Crippen LogP contribution in [-0.4, -0.2) is 11.7 Å². The number of aryl methyl sites for hydroxylation is 1. The number of benzene rings is 1. The van der Waals surface area contributed by atoms with E-state index >= 15 is 0 Å². The van der Waals surface area contributed by atoms with Crippen LogP contribution in [0.5, 0.6) is 5.75 Å². The first-order chi connectivity index (χ1) is 7.36. The molecule has 1 rings (SSSR count). The van der Waals surface area contributed by atoms with E-state index in [9.17, 15) is 5.11 Å². The molecule has 0 unspecified atom stereocenters. The molecule has 0 aliphatic rings. The topological polar surface area (TPSA) is 46.2 Å². The molecule has 2 heteroatoms. The minimum Gasteiger partial charge on any atom is -0.507 e. The lowest BCUT2D eigenvalue weighted by Gasteiger charge is -2.22. The Morgan fingerprint density at radius 1 is 1.31 bits per heavy atom. The molecule has 0 aliphatic carbocycles. The van der Waals surface area contributed by atoms with Gasteiger partial charge in [0.05, 0.1) is 0 Å². The molecular weight excluding hydrogens is 198 g/mol. The highest BCUT2D eigenvalue weighted by molar-refractivity contribution is 5.57. The lowest BCUT2D eigenvalue weighted by molar-refractivity contribution is 0.443. The van der Waals surface area contributed by atoms with Gasteiger partial charge in [-0.1, -0.05) is 32.9 Å². The average molecular weight is 219 g/mol. The van der Waals surface area contributed by atoms with E-state index in [1.54, 1.807) is 0 Å². The molecule has 0 atom stereocenters. The number of hydrogen-bond donors (Lipinski definition) is 2. The average Bonchev–Trinajstić information content (AvgIpc) is 2.17. The van der Waals surface area contributed by atoms with Crippen LogP contribution in [-0.2, 0) is 5.41 Å². The number of hydrogen-bond acceptors (Lipinski definition) is 2. The van der Waals surface area contributed by atoms with Gasteiger partial charge in [0.2, 0.25) is 0 Å². The predicted molar refractivity (Wildman–Crippen MR) is 69.6 cm³/mol. The van der Waals surface area contributed by atoms with Gasteiger partial charge in [0.1, 0.15) is 5.75 Å². The fourth-order valence-electron chi connectivity index (χ4n) is 1.68. The Morgan fingerprint density at radius 3 is 2.44 bits per heavy atom. The van der Waals surface area contributed by atoms with Gasteiger partial charge in [-0.05, 0) is 35.6 Å². The van der Waals surface area contributed by atoms with Crippen LogP contribution < -0.4 is 5.73 Å². The third-order valence-electron chi connectivity index (χ3n) is 2.58. The molecule has 0 aliphatic heterocycles. The maximum atomic E-state index is 10.0. The van der Waals surface area contributed by atoms with Crippen LogP contribution >= 0.6 is 0 Å². The summed E-state index contributed by atoms with van der Waals surface area (Å²) < 4.78 is 0. The first-order valence-electron chi connectivity index (χ1n) is 5.57. The molecule has 1 aromatic carbocycles. The normalized spacial score (nSPS) is 12.3. The number of phenols is 1. The fraction of sp³-hybridized carbons (Fsp3) is 0.429. The number of phenolic OH excluding ortho intramolecular Hbond substituents is 1. The molecule has 3 N–H and O–H groups in total. The fourth-order valence-corrected chi connectivity index (χ4v) is 1.68. The van der Waals surface area contributed by atoms with E-state index in [0.717, 1.165) is 16.7 Å². The van der Waals surface area contributed by atoms with Crippen molar-refractivity contribution in [3.05, 3.63) is 34.9 Å². The van der Waals surface area contributed by atoms with Crippen molar-refractivity contribution < 1.29 is 5.11 Å². The summed E-state index contributed by atoms with van der Waals surface area (Å²) in [4.78, 5) is 0. The van der Waals surface area contributed by atoms with E-state index in [4.69, 9.17) is 5.73 Å². The Balaban J connectivity index is 3.28. The molecule has 0 spiro atoms. The van der Waals surface area contributed by atoms with Crippen molar-refractivity contribution in [3.8, 4) is 5.75 Å². The van der Waals surface area contributed by atoms with Crippen LogP contribution in [0.25, 0.3) is 6.08 Å². The first-order valence-corrected chi connectivity index (χ1v) is 5.57. The molecule has 0 fully saturated rings. The van der Waals surface area contributed by atoms with Crippen molar-refractivity contribution >= 4 is 6.08 Å². The number of nitrogens with two attached hydrogens (primary N) is 1. The quantitative estimate of drug-likeness (QED) is 0.803. The van der Waals surface area contributed by atoms with Gasteiger partial charge < -0.3 is 10.8 Å².